The van der Waals surface area contributed by atoms with Gasteiger partial charge >= 0.3 is 0 Å². The zero-order valence-electron chi connectivity index (χ0n) is 9.15. The molecule has 0 bridgehead atoms. The molecule has 84 valence electrons. The van der Waals surface area contributed by atoms with Gasteiger partial charge in [0.05, 0.1) is 19.3 Å². The largest absolute Gasteiger partial charge is 0.394 e. The third-order valence-electron chi connectivity index (χ3n) is 3.13. The maximum Gasteiger partial charge on any atom is 0.104 e. The molecule has 0 aliphatic heterocycles. The van der Waals surface area contributed by atoms with Gasteiger partial charge in [0.15, 0.2) is 0 Å². The maximum atomic E-state index is 8.91. The molecule has 2 N–H and O–H groups in total. The van der Waals surface area contributed by atoms with Crippen LogP contribution in [0.25, 0.3) is 0 Å². The van der Waals surface area contributed by atoms with E-state index in [1.54, 1.807) is 0 Å². The Morgan fingerprint density at radius 3 is 2.36 bits per heavy atom. The van der Waals surface area contributed by atoms with Gasteiger partial charge in [0.2, 0.25) is 0 Å². The molecule has 0 spiro atoms. The predicted octanol–water partition coefficient (Wildman–Crippen LogP) is 1.18. The van der Waals surface area contributed by atoms with E-state index in [0.29, 0.717) is 5.92 Å². The molecule has 3 unspecified atom stereocenters. The van der Waals surface area contributed by atoms with E-state index >= 15 is 0 Å². The van der Waals surface area contributed by atoms with E-state index in [0.717, 1.165) is 12.3 Å². The zero-order valence-corrected chi connectivity index (χ0v) is 9.15. The normalized spacial score (nSPS) is 33.6. The first-order valence-corrected chi connectivity index (χ1v) is 5.54. The van der Waals surface area contributed by atoms with Crippen molar-refractivity contribution in [3.8, 4) is 0 Å². The lowest BCUT2D eigenvalue weighted by Gasteiger charge is -2.34. The minimum Gasteiger partial charge on any atom is -0.394 e. The van der Waals surface area contributed by atoms with Crippen LogP contribution in [0.15, 0.2) is 0 Å². The molecule has 1 saturated carbocycles. The SMILES string of the molecule is CC1CCC(OC(CO)CO)C(C)C1. The molecule has 1 aliphatic rings. The fourth-order valence-electron chi connectivity index (χ4n) is 2.23. The molecule has 14 heavy (non-hydrogen) atoms. The molecule has 0 aromatic carbocycles. The Labute approximate surface area is 86.1 Å². The molecular formula is C11H22O3. The van der Waals surface area contributed by atoms with Crippen LogP contribution in [0, 0.1) is 11.8 Å². The minimum absolute atomic E-state index is 0.0880. The van der Waals surface area contributed by atoms with Crippen molar-refractivity contribution in [2.75, 3.05) is 13.2 Å². The second-order valence-corrected chi connectivity index (χ2v) is 4.56. The Kier molecular flexibility index (Phi) is 4.85. The molecule has 1 aliphatic carbocycles. The van der Waals surface area contributed by atoms with Crippen LogP contribution in [-0.4, -0.2) is 35.6 Å². The van der Waals surface area contributed by atoms with E-state index in [4.69, 9.17) is 14.9 Å². The van der Waals surface area contributed by atoms with Crippen LogP contribution in [0.3, 0.4) is 0 Å². The standard InChI is InChI=1S/C11H22O3/c1-8-3-4-11(9(2)5-8)14-10(6-12)7-13/h8-13H,3-7H2,1-2H3. The molecule has 3 atom stereocenters. The van der Waals surface area contributed by atoms with Crippen molar-refractivity contribution in [3.05, 3.63) is 0 Å². The Bertz CT molecular complexity index is 157. The average Bonchev–Trinajstić information content (AvgIpc) is 2.17. The van der Waals surface area contributed by atoms with Crippen molar-refractivity contribution < 1.29 is 14.9 Å². The van der Waals surface area contributed by atoms with Gasteiger partial charge in [-0.1, -0.05) is 13.8 Å². The molecule has 0 aromatic rings. The summed E-state index contributed by atoms with van der Waals surface area (Å²) >= 11 is 0. The van der Waals surface area contributed by atoms with Gasteiger partial charge in [0.25, 0.3) is 0 Å². The summed E-state index contributed by atoms with van der Waals surface area (Å²) in [5.74, 6) is 1.32. The van der Waals surface area contributed by atoms with E-state index in [2.05, 4.69) is 13.8 Å². The number of ether oxygens (including phenoxy) is 1. The van der Waals surface area contributed by atoms with Gasteiger partial charge in [0, 0.05) is 0 Å². The Hall–Kier alpha value is -0.120. The summed E-state index contributed by atoms with van der Waals surface area (Å²) in [5.41, 5.74) is 0. The van der Waals surface area contributed by atoms with Gasteiger partial charge < -0.3 is 14.9 Å². The van der Waals surface area contributed by atoms with Crippen LogP contribution in [0.2, 0.25) is 0 Å². The number of hydrogen-bond donors (Lipinski definition) is 2. The van der Waals surface area contributed by atoms with Gasteiger partial charge in [0.1, 0.15) is 6.10 Å². The monoisotopic (exact) mass is 202 g/mol. The third-order valence-corrected chi connectivity index (χ3v) is 3.13. The van der Waals surface area contributed by atoms with Crippen LogP contribution in [0.5, 0.6) is 0 Å². The second kappa shape index (κ2) is 5.69. The molecule has 3 heteroatoms. The van der Waals surface area contributed by atoms with Crippen molar-refractivity contribution in [2.45, 2.75) is 45.3 Å². The first-order chi connectivity index (χ1) is 6.67. The summed E-state index contributed by atoms with van der Waals surface area (Å²) in [7, 11) is 0. The van der Waals surface area contributed by atoms with Gasteiger partial charge in [-0.25, -0.2) is 0 Å². The first kappa shape index (κ1) is 12.0. The number of aliphatic hydroxyl groups is 2. The molecule has 1 rings (SSSR count). The van der Waals surface area contributed by atoms with Gasteiger partial charge in [-0.05, 0) is 31.1 Å². The summed E-state index contributed by atoms with van der Waals surface area (Å²) in [6.07, 6.45) is 3.26. The zero-order chi connectivity index (χ0) is 10.6. The fourth-order valence-corrected chi connectivity index (χ4v) is 2.23. The van der Waals surface area contributed by atoms with E-state index in [1.807, 2.05) is 0 Å². The van der Waals surface area contributed by atoms with Crippen LogP contribution in [0.4, 0.5) is 0 Å². The summed E-state index contributed by atoms with van der Waals surface area (Å²) in [6, 6.07) is 0. The molecular weight excluding hydrogens is 180 g/mol. The Balaban J connectivity index is 2.36. The van der Waals surface area contributed by atoms with Gasteiger partial charge in [-0.3, -0.25) is 0 Å². The highest BCUT2D eigenvalue weighted by atomic mass is 16.5. The number of rotatable bonds is 4. The first-order valence-electron chi connectivity index (χ1n) is 5.54. The lowest BCUT2D eigenvalue weighted by molar-refractivity contribution is -0.0970. The van der Waals surface area contributed by atoms with Crippen LogP contribution >= 0.6 is 0 Å². The predicted molar refractivity (Wildman–Crippen MR) is 55.0 cm³/mol. The van der Waals surface area contributed by atoms with Crippen LogP contribution < -0.4 is 0 Å². The maximum absolute atomic E-state index is 8.91. The highest BCUT2D eigenvalue weighted by molar-refractivity contribution is 4.77. The highest BCUT2D eigenvalue weighted by Gasteiger charge is 2.27. The van der Waals surface area contributed by atoms with Crippen molar-refractivity contribution in [3.63, 3.8) is 0 Å². The molecule has 0 radical (unpaired) electrons. The Morgan fingerprint density at radius 2 is 1.86 bits per heavy atom. The van der Waals surface area contributed by atoms with Crippen LogP contribution in [-0.2, 0) is 4.74 Å². The summed E-state index contributed by atoms with van der Waals surface area (Å²) < 4.78 is 5.65. The second-order valence-electron chi connectivity index (χ2n) is 4.56. The van der Waals surface area contributed by atoms with Gasteiger partial charge in [-0.2, -0.15) is 0 Å². The van der Waals surface area contributed by atoms with Crippen molar-refractivity contribution in [2.24, 2.45) is 11.8 Å². The van der Waals surface area contributed by atoms with Crippen molar-refractivity contribution in [1.29, 1.82) is 0 Å². The van der Waals surface area contributed by atoms with Crippen molar-refractivity contribution >= 4 is 0 Å². The number of aliphatic hydroxyl groups excluding tert-OH is 2. The quantitative estimate of drug-likeness (QED) is 0.719. The molecule has 1 fully saturated rings. The fraction of sp³-hybridized carbons (Fsp3) is 1.00. The third kappa shape index (κ3) is 3.23. The van der Waals surface area contributed by atoms with E-state index < -0.39 is 6.10 Å². The minimum atomic E-state index is -0.393. The van der Waals surface area contributed by atoms with Crippen LogP contribution in [0.1, 0.15) is 33.1 Å². The highest BCUT2D eigenvalue weighted by Crippen LogP contribution is 2.31. The molecule has 0 saturated heterocycles. The molecule has 0 amide bonds. The smallest absolute Gasteiger partial charge is 0.104 e. The summed E-state index contributed by atoms with van der Waals surface area (Å²) in [6.45, 7) is 4.28. The molecule has 0 heterocycles. The Morgan fingerprint density at radius 1 is 1.21 bits per heavy atom. The van der Waals surface area contributed by atoms with E-state index in [-0.39, 0.29) is 19.3 Å². The van der Waals surface area contributed by atoms with Crippen molar-refractivity contribution in [1.82, 2.24) is 0 Å². The average molecular weight is 202 g/mol. The van der Waals surface area contributed by atoms with Gasteiger partial charge in [-0.15, -0.1) is 0 Å². The number of hydrogen-bond acceptors (Lipinski definition) is 3. The molecule has 0 aromatic heterocycles. The topological polar surface area (TPSA) is 49.7 Å². The summed E-state index contributed by atoms with van der Waals surface area (Å²) in [5, 5.41) is 17.8. The lowest BCUT2D eigenvalue weighted by atomic mass is 9.81. The lowest BCUT2D eigenvalue weighted by Crippen LogP contribution is -2.35. The van der Waals surface area contributed by atoms with E-state index in [9.17, 15) is 0 Å². The molecule has 3 nitrogen and oxygen atoms in total. The van der Waals surface area contributed by atoms with E-state index in [1.165, 1.54) is 12.8 Å². The summed E-state index contributed by atoms with van der Waals surface area (Å²) in [4.78, 5) is 0.